The number of aliphatic carboxylic acids is 1. The molecule has 8 nitrogen and oxygen atoms in total. The first-order chi connectivity index (χ1) is 9.38. The van der Waals surface area contributed by atoms with Crippen LogP contribution in [0.2, 0.25) is 0 Å². The molecule has 114 valence electrons. The van der Waals surface area contributed by atoms with Crippen LogP contribution in [0.1, 0.15) is 25.7 Å². The van der Waals surface area contributed by atoms with E-state index in [1.54, 1.807) is 7.11 Å². The Bertz CT molecular complexity index is 381. The lowest BCUT2D eigenvalue weighted by atomic mass is 10.0. The van der Waals surface area contributed by atoms with Gasteiger partial charge in [0.25, 0.3) is 0 Å². The highest BCUT2D eigenvalue weighted by molar-refractivity contribution is 5.87. The van der Waals surface area contributed by atoms with Crippen LogP contribution in [0, 0.1) is 5.41 Å². The lowest BCUT2D eigenvalue weighted by molar-refractivity contribution is -0.140. The van der Waals surface area contributed by atoms with Crippen molar-refractivity contribution in [2.24, 2.45) is 11.1 Å². The molecule has 0 aromatic rings. The van der Waals surface area contributed by atoms with Gasteiger partial charge in [-0.1, -0.05) is 0 Å². The summed E-state index contributed by atoms with van der Waals surface area (Å²) in [6, 6.07) is -1.91. The zero-order chi connectivity index (χ0) is 15.2. The summed E-state index contributed by atoms with van der Waals surface area (Å²) in [5, 5.41) is 13.7. The van der Waals surface area contributed by atoms with Crippen molar-refractivity contribution in [1.29, 1.82) is 0 Å². The summed E-state index contributed by atoms with van der Waals surface area (Å²) in [7, 11) is 1.62. The molecule has 0 radical (unpaired) electrons. The monoisotopic (exact) mass is 287 g/mol. The number of rotatable bonds is 9. The molecule has 0 bridgehead atoms. The van der Waals surface area contributed by atoms with Crippen LogP contribution in [0.15, 0.2) is 0 Å². The minimum atomic E-state index is -1.30. The van der Waals surface area contributed by atoms with Gasteiger partial charge in [-0.15, -0.1) is 0 Å². The Morgan fingerprint density at radius 2 is 2.05 bits per heavy atom. The number of methoxy groups -OCH3 is 1. The molecule has 0 aromatic heterocycles. The Kier molecular flexibility index (Phi) is 5.75. The van der Waals surface area contributed by atoms with Crippen molar-refractivity contribution in [1.82, 2.24) is 10.6 Å². The third kappa shape index (κ3) is 5.43. The molecule has 5 N–H and O–H groups in total. The van der Waals surface area contributed by atoms with E-state index in [4.69, 9.17) is 15.6 Å². The van der Waals surface area contributed by atoms with Gasteiger partial charge in [0, 0.05) is 20.3 Å². The van der Waals surface area contributed by atoms with Gasteiger partial charge in [0.2, 0.25) is 5.91 Å². The number of nitrogens with two attached hydrogens (primary N) is 1. The van der Waals surface area contributed by atoms with Crippen molar-refractivity contribution >= 4 is 17.9 Å². The van der Waals surface area contributed by atoms with Crippen molar-refractivity contribution in [3.63, 3.8) is 0 Å². The number of ether oxygens (including phenoxy) is 1. The summed E-state index contributed by atoms with van der Waals surface area (Å²) in [5.41, 5.74) is 4.99. The van der Waals surface area contributed by atoms with Crippen molar-refractivity contribution in [2.45, 2.75) is 31.7 Å². The number of carbonyl (C=O) groups excluding carboxylic acids is 2. The average molecular weight is 287 g/mol. The highest BCUT2D eigenvalue weighted by atomic mass is 16.5. The smallest absolute Gasteiger partial charge is 0.326 e. The van der Waals surface area contributed by atoms with E-state index in [-0.39, 0.29) is 5.41 Å². The van der Waals surface area contributed by atoms with Crippen molar-refractivity contribution < 1.29 is 24.2 Å². The molecule has 0 heterocycles. The van der Waals surface area contributed by atoms with Crippen LogP contribution in [0.4, 0.5) is 4.79 Å². The number of primary amides is 1. The number of hydrogen-bond acceptors (Lipinski definition) is 4. The molecular formula is C12H21N3O5. The Morgan fingerprint density at radius 3 is 2.50 bits per heavy atom. The third-order valence-corrected chi connectivity index (χ3v) is 3.43. The quantitative estimate of drug-likeness (QED) is 0.451. The van der Waals surface area contributed by atoms with Crippen LogP contribution in [-0.2, 0) is 14.3 Å². The number of nitrogens with one attached hydrogen (secondary N) is 2. The van der Waals surface area contributed by atoms with Gasteiger partial charge in [0.05, 0.1) is 6.42 Å². The van der Waals surface area contributed by atoms with E-state index in [2.05, 4.69) is 10.6 Å². The predicted octanol–water partition coefficient (Wildman–Crippen LogP) is -0.569. The molecule has 0 saturated heterocycles. The lowest BCUT2D eigenvalue weighted by Crippen LogP contribution is -2.48. The molecule has 1 aliphatic carbocycles. The molecule has 20 heavy (non-hydrogen) atoms. The van der Waals surface area contributed by atoms with E-state index in [0.29, 0.717) is 13.2 Å². The minimum Gasteiger partial charge on any atom is -0.480 e. The van der Waals surface area contributed by atoms with E-state index < -0.39 is 30.4 Å². The molecule has 1 saturated carbocycles. The van der Waals surface area contributed by atoms with Crippen molar-refractivity contribution in [3.8, 4) is 0 Å². The van der Waals surface area contributed by atoms with Crippen LogP contribution >= 0.6 is 0 Å². The Labute approximate surface area is 117 Å². The molecule has 3 amide bonds. The molecule has 1 atom stereocenters. The maximum absolute atomic E-state index is 11.6. The molecule has 1 fully saturated rings. The zero-order valence-corrected chi connectivity index (χ0v) is 11.5. The number of carboxylic acid groups (broad SMARTS) is 1. The molecule has 0 spiro atoms. The number of urea groups is 1. The fourth-order valence-electron chi connectivity index (χ4n) is 1.89. The molecule has 0 aromatic carbocycles. The van der Waals surface area contributed by atoms with Crippen LogP contribution in [-0.4, -0.2) is 49.3 Å². The van der Waals surface area contributed by atoms with Gasteiger partial charge >= 0.3 is 12.0 Å². The van der Waals surface area contributed by atoms with Gasteiger partial charge in [-0.25, -0.2) is 9.59 Å². The normalized spacial score (nSPS) is 17.1. The standard InChI is InChI=1S/C12H21N3O5/c1-20-5-4-12(2-3-12)7-14-11(19)15-8(10(17)18)6-9(13)16/h8H,2-7H2,1H3,(H2,13,16)(H,17,18)(H2,14,15,19)/t8-/m0/s1. The minimum absolute atomic E-state index is 0.0652. The van der Waals surface area contributed by atoms with E-state index >= 15 is 0 Å². The first-order valence-electron chi connectivity index (χ1n) is 6.43. The largest absolute Gasteiger partial charge is 0.480 e. The maximum atomic E-state index is 11.6. The van der Waals surface area contributed by atoms with Gasteiger partial charge in [0.15, 0.2) is 0 Å². The van der Waals surface area contributed by atoms with Crippen molar-refractivity contribution in [3.05, 3.63) is 0 Å². The van der Waals surface area contributed by atoms with Gasteiger partial charge in [-0.3, -0.25) is 4.79 Å². The number of hydrogen-bond donors (Lipinski definition) is 4. The highest BCUT2D eigenvalue weighted by Crippen LogP contribution is 2.48. The number of carbonyl (C=O) groups is 3. The second kappa shape index (κ2) is 7.09. The van der Waals surface area contributed by atoms with E-state index in [9.17, 15) is 14.4 Å². The second-order valence-electron chi connectivity index (χ2n) is 5.13. The van der Waals surface area contributed by atoms with Gasteiger partial charge < -0.3 is 26.2 Å². The average Bonchev–Trinajstić information content (AvgIpc) is 3.13. The second-order valence-corrected chi connectivity index (χ2v) is 5.13. The molecule has 1 rings (SSSR count). The highest BCUT2D eigenvalue weighted by Gasteiger charge is 2.42. The van der Waals surface area contributed by atoms with E-state index in [1.165, 1.54) is 0 Å². The van der Waals surface area contributed by atoms with Crippen LogP contribution in [0.3, 0.4) is 0 Å². The lowest BCUT2D eigenvalue weighted by Gasteiger charge is -2.18. The summed E-state index contributed by atoms with van der Waals surface area (Å²) >= 11 is 0. The molecule has 1 aliphatic rings. The van der Waals surface area contributed by atoms with Crippen molar-refractivity contribution in [2.75, 3.05) is 20.3 Å². The Morgan fingerprint density at radius 1 is 1.40 bits per heavy atom. The van der Waals surface area contributed by atoms with Gasteiger partial charge in [0.1, 0.15) is 6.04 Å². The van der Waals surface area contributed by atoms with Crippen LogP contribution < -0.4 is 16.4 Å². The van der Waals surface area contributed by atoms with E-state index in [1.807, 2.05) is 0 Å². The zero-order valence-electron chi connectivity index (χ0n) is 11.5. The SMILES string of the molecule is COCCC1(CNC(=O)N[C@@H](CC(N)=O)C(=O)O)CC1. The summed E-state index contributed by atoms with van der Waals surface area (Å²) in [4.78, 5) is 33.2. The van der Waals surface area contributed by atoms with Gasteiger partial charge in [-0.2, -0.15) is 0 Å². The Balaban J connectivity index is 2.35. The summed E-state index contributed by atoms with van der Waals surface area (Å²) < 4.78 is 5.01. The first-order valence-corrected chi connectivity index (χ1v) is 6.43. The molecular weight excluding hydrogens is 266 g/mol. The van der Waals surface area contributed by atoms with Crippen LogP contribution in [0.25, 0.3) is 0 Å². The fourth-order valence-corrected chi connectivity index (χ4v) is 1.89. The summed E-state index contributed by atoms with van der Waals surface area (Å²) in [6.07, 6.45) is 2.45. The molecule has 0 aliphatic heterocycles. The third-order valence-electron chi connectivity index (χ3n) is 3.43. The van der Waals surface area contributed by atoms with Gasteiger partial charge in [-0.05, 0) is 24.7 Å². The fraction of sp³-hybridized carbons (Fsp3) is 0.750. The topological polar surface area (TPSA) is 131 Å². The molecule has 8 heteroatoms. The first kappa shape index (κ1) is 16.2. The predicted molar refractivity (Wildman–Crippen MR) is 69.9 cm³/mol. The summed E-state index contributed by atoms with van der Waals surface area (Å²) in [6.45, 7) is 1.09. The Hall–Kier alpha value is -1.83. The number of amides is 3. The number of carboxylic acids is 1. The maximum Gasteiger partial charge on any atom is 0.326 e. The molecule has 0 unspecified atom stereocenters. The van der Waals surface area contributed by atoms with E-state index in [0.717, 1.165) is 19.3 Å². The van der Waals surface area contributed by atoms with Crippen LogP contribution in [0.5, 0.6) is 0 Å². The summed E-state index contributed by atoms with van der Waals surface area (Å²) in [5.74, 6) is -2.07.